The van der Waals surface area contributed by atoms with Gasteiger partial charge in [-0.1, -0.05) is 6.92 Å². The van der Waals surface area contributed by atoms with Crippen molar-refractivity contribution in [2.24, 2.45) is 5.92 Å². The maximum absolute atomic E-state index is 13.8. The van der Waals surface area contributed by atoms with Crippen LogP contribution in [-0.2, 0) is 26.2 Å². The number of nitrogens with zero attached hydrogens (tertiary/aromatic N) is 3. The Labute approximate surface area is 211 Å². The van der Waals surface area contributed by atoms with Gasteiger partial charge in [-0.2, -0.15) is 4.31 Å². The number of hydrogen-bond acceptors (Lipinski definition) is 7. The zero-order valence-electron chi connectivity index (χ0n) is 19.7. The van der Waals surface area contributed by atoms with E-state index < -0.39 is 27.9 Å². The van der Waals surface area contributed by atoms with Gasteiger partial charge < -0.3 is 9.64 Å². The normalized spacial score (nSPS) is 15.3. The molecule has 1 aromatic heterocycles. The summed E-state index contributed by atoms with van der Waals surface area (Å²) in [6.07, 6.45) is 4.32. The molecule has 1 aromatic carbocycles. The molecule has 0 spiro atoms. The molecule has 12 heteroatoms. The number of carbonyl (C=O) groups is 2. The molecule has 2 amide bonds. The molecule has 0 saturated carbocycles. The number of halogens is 1. The van der Waals surface area contributed by atoms with Crippen LogP contribution in [0.1, 0.15) is 31.7 Å². The summed E-state index contributed by atoms with van der Waals surface area (Å²) in [5, 5.41) is 9.52. The number of nitrogens with one attached hydrogen (secondary N) is 1. The standard InChI is InChI=1S/C23H30N4O6S.ClH/c1-3-21(28)26-14-10-18(11-15-26)22(23(29)25-30)27(16-17-8-12-24-13-9-17)34(31,32)20-6-4-19(33-2)5-7-20;/h4-9,12-13,18,22,30H,3,10-11,14-16H2,1-2H3,(H,25,29);1H/t22-;/m1./s1. The van der Waals surface area contributed by atoms with E-state index >= 15 is 0 Å². The quantitative estimate of drug-likeness (QED) is 0.378. The van der Waals surface area contributed by atoms with Crippen molar-refractivity contribution < 1.29 is 28.0 Å². The smallest absolute Gasteiger partial charge is 0.262 e. The van der Waals surface area contributed by atoms with Crippen LogP contribution in [0.5, 0.6) is 5.75 Å². The van der Waals surface area contributed by atoms with Crippen molar-refractivity contribution in [3.05, 3.63) is 54.4 Å². The van der Waals surface area contributed by atoms with Gasteiger partial charge in [0.1, 0.15) is 11.8 Å². The summed E-state index contributed by atoms with van der Waals surface area (Å²) in [6, 6.07) is 8.08. The second kappa shape index (κ2) is 12.8. The molecule has 1 aliphatic rings. The third-order valence-electron chi connectivity index (χ3n) is 6.08. The molecule has 0 unspecified atom stereocenters. The van der Waals surface area contributed by atoms with E-state index in [2.05, 4.69) is 4.98 Å². The lowest BCUT2D eigenvalue weighted by Crippen LogP contribution is -2.54. The lowest BCUT2D eigenvalue weighted by atomic mass is 9.88. The number of hydrogen-bond donors (Lipinski definition) is 2. The van der Waals surface area contributed by atoms with Gasteiger partial charge in [0, 0.05) is 38.4 Å². The van der Waals surface area contributed by atoms with Gasteiger partial charge in [-0.3, -0.25) is 19.8 Å². The van der Waals surface area contributed by atoms with Gasteiger partial charge in [0.25, 0.3) is 5.91 Å². The fourth-order valence-corrected chi connectivity index (χ4v) is 5.86. The highest BCUT2D eigenvalue weighted by Crippen LogP contribution is 2.31. The maximum atomic E-state index is 13.8. The number of aromatic nitrogens is 1. The highest BCUT2D eigenvalue weighted by molar-refractivity contribution is 7.89. The van der Waals surface area contributed by atoms with Crippen molar-refractivity contribution in [3.8, 4) is 5.75 Å². The second-order valence-electron chi connectivity index (χ2n) is 8.07. The van der Waals surface area contributed by atoms with Crippen molar-refractivity contribution in [2.75, 3.05) is 20.2 Å². The van der Waals surface area contributed by atoms with Crippen LogP contribution in [0.4, 0.5) is 0 Å². The largest absolute Gasteiger partial charge is 0.497 e. The van der Waals surface area contributed by atoms with E-state index in [-0.39, 0.29) is 29.8 Å². The Bertz CT molecular complexity index is 1080. The van der Waals surface area contributed by atoms with Gasteiger partial charge in [-0.15, -0.1) is 12.4 Å². The topological polar surface area (TPSA) is 129 Å². The van der Waals surface area contributed by atoms with Crippen LogP contribution in [-0.4, -0.2) is 65.9 Å². The van der Waals surface area contributed by atoms with E-state index in [0.717, 1.165) is 4.31 Å². The van der Waals surface area contributed by atoms with E-state index in [4.69, 9.17) is 4.74 Å². The highest BCUT2D eigenvalue weighted by Gasteiger charge is 2.42. The number of sulfonamides is 1. The van der Waals surface area contributed by atoms with Gasteiger partial charge in [-0.25, -0.2) is 13.9 Å². The average Bonchev–Trinajstić information content (AvgIpc) is 2.88. The zero-order chi connectivity index (χ0) is 24.7. The Hall–Kier alpha value is -2.73. The van der Waals surface area contributed by atoms with E-state index in [1.165, 1.54) is 31.4 Å². The van der Waals surface area contributed by atoms with Crippen LogP contribution >= 0.6 is 12.4 Å². The molecule has 1 fully saturated rings. The third-order valence-corrected chi connectivity index (χ3v) is 7.93. The summed E-state index contributed by atoms with van der Waals surface area (Å²) >= 11 is 0. The Morgan fingerprint density at radius 3 is 2.29 bits per heavy atom. The molecule has 1 aliphatic heterocycles. The Morgan fingerprint density at radius 1 is 1.17 bits per heavy atom. The van der Waals surface area contributed by atoms with Crippen LogP contribution < -0.4 is 10.2 Å². The van der Waals surface area contributed by atoms with Crippen LogP contribution in [0.2, 0.25) is 0 Å². The predicted octanol–water partition coefficient (Wildman–Crippen LogP) is 2.23. The van der Waals surface area contributed by atoms with Crippen LogP contribution in [0.15, 0.2) is 53.7 Å². The number of piperidine rings is 1. The lowest BCUT2D eigenvalue weighted by molar-refractivity contribution is -0.137. The third kappa shape index (κ3) is 6.69. The number of amides is 2. The molecule has 10 nitrogen and oxygen atoms in total. The number of benzene rings is 1. The first kappa shape index (κ1) is 28.5. The van der Waals surface area contributed by atoms with Crippen LogP contribution in [0, 0.1) is 5.92 Å². The molecule has 2 aromatic rings. The Balaban J connectivity index is 0.00000432. The van der Waals surface area contributed by atoms with Gasteiger partial charge >= 0.3 is 0 Å². The number of hydroxylamine groups is 1. The Morgan fingerprint density at radius 2 is 1.77 bits per heavy atom. The fourth-order valence-electron chi connectivity index (χ4n) is 4.22. The van der Waals surface area contributed by atoms with E-state index in [1.807, 2.05) is 0 Å². The van der Waals surface area contributed by atoms with Gasteiger partial charge in [0.15, 0.2) is 0 Å². The predicted molar refractivity (Wildman–Crippen MR) is 131 cm³/mol. The molecule has 0 radical (unpaired) electrons. The second-order valence-corrected chi connectivity index (χ2v) is 9.96. The van der Waals surface area contributed by atoms with E-state index in [0.29, 0.717) is 43.7 Å². The number of ether oxygens (including phenoxy) is 1. The van der Waals surface area contributed by atoms with Crippen LogP contribution in [0.25, 0.3) is 0 Å². The first-order chi connectivity index (χ1) is 16.3. The first-order valence-electron chi connectivity index (χ1n) is 11.1. The summed E-state index contributed by atoms with van der Waals surface area (Å²) in [5.74, 6) is -0.701. The van der Waals surface area contributed by atoms with Crippen molar-refractivity contribution >= 4 is 34.2 Å². The number of carbonyl (C=O) groups excluding carboxylic acids is 2. The molecule has 2 heterocycles. The molecule has 35 heavy (non-hydrogen) atoms. The molecular formula is C23H31ClN4O6S. The minimum atomic E-state index is -4.16. The molecule has 0 bridgehead atoms. The number of methoxy groups -OCH3 is 1. The van der Waals surface area contributed by atoms with Crippen molar-refractivity contribution in [3.63, 3.8) is 0 Å². The number of rotatable bonds is 9. The highest BCUT2D eigenvalue weighted by atomic mass is 35.5. The molecular weight excluding hydrogens is 496 g/mol. The van der Waals surface area contributed by atoms with Crippen molar-refractivity contribution in [1.29, 1.82) is 0 Å². The summed E-state index contributed by atoms with van der Waals surface area (Å²) in [7, 11) is -2.67. The Kier molecular flexibility index (Phi) is 10.4. The minimum Gasteiger partial charge on any atom is -0.497 e. The summed E-state index contributed by atoms with van der Waals surface area (Å²) in [6.45, 7) is 2.52. The molecule has 1 saturated heterocycles. The summed E-state index contributed by atoms with van der Waals surface area (Å²) in [5.41, 5.74) is 2.30. The SMILES string of the molecule is CCC(=O)N1CCC([C@H](C(=O)NO)N(Cc2ccncc2)S(=O)(=O)c2ccc(OC)cc2)CC1.Cl. The first-order valence-corrected chi connectivity index (χ1v) is 12.5. The minimum absolute atomic E-state index is 0. The van der Waals surface area contributed by atoms with E-state index in [9.17, 15) is 23.2 Å². The number of likely N-dealkylation sites (tertiary alicyclic amines) is 1. The molecule has 3 rings (SSSR count). The average molecular weight is 527 g/mol. The van der Waals surface area contributed by atoms with Gasteiger partial charge in [0.2, 0.25) is 15.9 Å². The summed E-state index contributed by atoms with van der Waals surface area (Å²) < 4.78 is 33.9. The lowest BCUT2D eigenvalue weighted by Gasteiger charge is -2.39. The molecule has 192 valence electrons. The number of pyridine rings is 1. The van der Waals surface area contributed by atoms with Crippen molar-refractivity contribution in [2.45, 2.75) is 43.7 Å². The maximum Gasteiger partial charge on any atom is 0.262 e. The monoisotopic (exact) mass is 526 g/mol. The molecule has 1 atom stereocenters. The zero-order valence-corrected chi connectivity index (χ0v) is 21.3. The van der Waals surface area contributed by atoms with E-state index in [1.54, 1.807) is 41.8 Å². The molecule has 2 N–H and O–H groups in total. The molecule has 0 aliphatic carbocycles. The fraction of sp³-hybridized carbons (Fsp3) is 0.435. The summed E-state index contributed by atoms with van der Waals surface area (Å²) in [4.78, 5) is 30.7. The van der Waals surface area contributed by atoms with Gasteiger partial charge in [0.05, 0.1) is 12.0 Å². The van der Waals surface area contributed by atoms with Crippen molar-refractivity contribution in [1.82, 2.24) is 19.7 Å². The van der Waals surface area contributed by atoms with Gasteiger partial charge in [-0.05, 0) is 60.7 Å². The van der Waals surface area contributed by atoms with Crippen LogP contribution in [0.3, 0.4) is 0 Å².